The minimum absolute atomic E-state index is 0.258. The van der Waals surface area contributed by atoms with Gasteiger partial charge in [0.1, 0.15) is 6.54 Å². The first-order valence-corrected chi connectivity index (χ1v) is 9.66. The van der Waals surface area contributed by atoms with Crippen molar-refractivity contribution in [1.29, 1.82) is 0 Å². The maximum absolute atomic E-state index is 12.0. The van der Waals surface area contributed by atoms with Gasteiger partial charge in [0, 0.05) is 6.54 Å². The Morgan fingerprint density at radius 1 is 1.17 bits per heavy atom. The molecule has 0 aromatic heterocycles. The summed E-state index contributed by atoms with van der Waals surface area (Å²) in [6.07, 6.45) is 2.80. The molecule has 0 aliphatic heterocycles. The predicted molar refractivity (Wildman–Crippen MR) is 92.5 cm³/mol. The summed E-state index contributed by atoms with van der Waals surface area (Å²) < 4.78 is 29.8. The van der Waals surface area contributed by atoms with E-state index in [4.69, 9.17) is 4.74 Å². The Morgan fingerprint density at radius 2 is 1.79 bits per heavy atom. The summed E-state index contributed by atoms with van der Waals surface area (Å²) >= 11 is 0. The van der Waals surface area contributed by atoms with Crippen LogP contribution in [0.3, 0.4) is 0 Å². The predicted octanol–water partition coefficient (Wildman–Crippen LogP) is 1.55. The number of sulfonamides is 1. The fourth-order valence-corrected chi connectivity index (χ4v) is 2.83. The highest BCUT2D eigenvalue weighted by Crippen LogP contribution is 2.18. The third-order valence-electron chi connectivity index (χ3n) is 3.21. The van der Waals surface area contributed by atoms with Crippen molar-refractivity contribution in [2.24, 2.45) is 0 Å². The summed E-state index contributed by atoms with van der Waals surface area (Å²) in [5.74, 6) is -0.851. The number of ether oxygens (including phenoxy) is 1. The zero-order valence-electron chi connectivity index (χ0n) is 14.2. The molecule has 0 aliphatic carbocycles. The van der Waals surface area contributed by atoms with Gasteiger partial charge in [-0.2, -0.15) is 0 Å². The van der Waals surface area contributed by atoms with E-state index in [1.807, 2.05) is 6.92 Å². The topological polar surface area (TPSA) is 92.8 Å². The molecule has 0 spiro atoms. The molecule has 0 aliphatic rings. The molecule has 1 aromatic rings. The Kier molecular flexibility index (Phi) is 7.70. The second kappa shape index (κ2) is 9.27. The van der Waals surface area contributed by atoms with Crippen LogP contribution in [0, 0.1) is 0 Å². The zero-order valence-corrected chi connectivity index (χ0v) is 15.1. The van der Waals surface area contributed by atoms with E-state index in [2.05, 4.69) is 5.32 Å². The SMILES string of the molecule is CCCCNC(=O)CN(c1ccc(C(=O)OCC)cc1)S(C)(=O)=O. The van der Waals surface area contributed by atoms with Crippen molar-refractivity contribution >= 4 is 27.6 Å². The van der Waals surface area contributed by atoms with Crippen LogP contribution in [-0.2, 0) is 19.6 Å². The summed E-state index contributed by atoms with van der Waals surface area (Å²) in [7, 11) is -3.63. The Balaban J connectivity index is 2.89. The van der Waals surface area contributed by atoms with Crippen LogP contribution in [0.4, 0.5) is 5.69 Å². The Bertz CT molecular complexity index is 656. The van der Waals surface area contributed by atoms with Gasteiger partial charge in [-0.3, -0.25) is 9.10 Å². The Labute approximate surface area is 143 Å². The molecule has 0 saturated carbocycles. The van der Waals surface area contributed by atoms with Crippen LogP contribution in [0.5, 0.6) is 0 Å². The quantitative estimate of drug-likeness (QED) is 0.535. The number of anilines is 1. The van der Waals surface area contributed by atoms with Crippen molar-refractivity contribution in [1.82, 2.24) is 5.32 Å². The summed E-state index contributed by atoms with van der Waals surface area (Å²) in [4.78, 5) is 23.5. The van der Waals surface area contributed by atoms with Crippen LogP contribution in [0.15, 0.2) is 24.3 Å². The number of nitrogens with zero attached hydrogens (tertiary/aromatic N) is 1. The number of nitrogens with one attached hydrogen (secondary N) is 1. The number of rotatable bonds is 9. The first-order valence-electron chi connectivity index (χ1n) is 7.81. The summed E-state index contributed by atoms with van der Waals surface area (Å²) in [5.41, 5.74) is 0.637. The third-order valence-corrected chi connectivity index (χ3v) is 4.35. The molecule has 0 bridgehead atoms. The molecule has 1 aromatic carbocycles. The maximum atomic E-state index is 12.0. The molecular formula is C16H24N2O5S. The Morgan fingerprint density at radius 3 is 2.29 bits per heavy atom. The van der Waals surface area contributed by atoms with Gasteiger partial charge in [0.2, 0.25) is 15.9 Å². The number of benzene rings is 1. The highest BCUT2D eigenvalue weighted by atomic mass is 32.2. The number of hydrogen-bond donors (Lipinski definition) is 1. The van der Waals surface area contributed by atoms with E-state index < -0.39 is 16.0 Å². The van der Waals surface area contributed by atoms with Gasteiger partial charge in [-0.05, 0) is 37.6 Å². The second-order valence-electron chi connectivity index (χ2n) is 5.24. The number of carbonyl (C=O) groups is 2. The highest BCUT2D eigenvalue weighted by Gasteiger charge is 2.21. The molecule has 134 valence electrons. The van der Waals surface area contributed by atoms with E-state index in [0.29, 0.717) is 17.8 Å². The normalized spacial score (nSPS) is 11.0. The molecule has 8 heteroatoms. The van der Waals surface area contributed by atoms with Gasteiger partial charge in [-0.25, -0.2) is 13.2 Å². The van der Waals surface area contributed by atoms with Crippen LogP contribution >= 0.6 is 0 Å². The van der Waals surface area contributed by atoms with Gasteiger partial charge in [-0.15, -0.1) is 0 Å². The molecule has 0 fully saturated rings. The number of esters is 1. The van der Waals surface area contributed by atoms with Gasteiger partial charge in [0.25, 0.3) is 0 Å². The van der Waals surface area contributed by atoms with Gasteiger partial charge in [0.15, 0.2) is 0 Å². The fourth-order valence-electron chi connectivity index (χ4n) is 1.97. The Hall–Kier alpha value is -2.09. The van der Waals surface area contributed by atoms with Crippen molar-refractivity contribution < 1.29 is 22.7 Å². The lowest BCUT2D eigenvalue weighted by molar-refractivity contribution is -0.119. The van der Waals surface area contributed by atoms with E-state index >= 15 is 0 Å². The van der Waals surface area contributed by atoms with Crippen LogP contribution in [0.1, 0.15) is 37.0 Å². The van der Waals surface area contributed by atoms with Gasteiger partial charge in [-0.1, -0.05) is 13.3 Å². The van der Waals surface area contributed by atoms with E-state index in [0.717, 1.165) is 23.4 Å². The molecule has 7 nitrogen and oxygen atoms in total. The number of hydrogen-bond acceptors (Lipinski definition) is 5. The standard InChI is InChI=1S/C16H24N2O5S/c1-4-6-11-17-15(19)12-18(24(3,21)22)14-9-7-13(8-10-14)16(20)23-5-2/h7-10H,4-6,11-12H2,1-3H3,(H,17,19). The van der Waals surface area contributed by atoms with E-state index in [1.54, 1.807) is 6.92 Å². The van der Waals surface area contributed by atoms with Crippen LogP contribution in [0.25, 0.3) is 0 Å². The molecule has 1 amide bonds. The lowest BCUT2D eigenvalue weighted by Gasteiger charge is -2.22. The van der Waals surface area contributed by atoms with Crippen molar-refractivity contribution in [2.45, 2.75) is 26.7 Å². The summed E-state index contributed by atoms with van der Waals surface area (Å²) in [6, 6.07) is 5.90. The molecule has 0 saturated heterocycles. The molecule has 0 radical (unpaired) electrons. The minimum Gasteiger partial charge on any atom is -0.462 e. The minimum atomic E-state index is -3.63. The van der Waals surface area contributed by atoms with E-state index in [-0.39, 0.29) is 19.1 Å². The monoisotopic (exact) mass is 356 g/mol. The molecule has 0 unspecified atom stereocenters. The van der Waals surface area contributed by atoms with Crippen LogP contribution in [-0.4, -0.2) is 46.2 Å². The molecular weight excluding hydrogens is 332 g/mol. The lowest BCUT2D eigenvalue weighted by Crippen LogP contribution is -2.40. The third kappa shape index (κ3) is 6.19. The van der Waals surface area contributed by atoms with Crippen LogP contribution in [0.2, 0.25) is 0 Å². The zero-order chi connectivity index (χ0) is 18.2. The number of unbranched alkanes of at least 4 members (excludes halogenated alkanes) is 1. The largest absolute Gasteiger partial charge is 0.462 e. The van der Waals surface area contributed by atoms with Gasteiger partial charge < -0.3 is 10.1 Å². The molecule has 0 atom stereocenters. The summed E-state index contributed by atoms with van der Waals surface area (Å²) in [6.45, 7) is 4.17. The first-order chi connectivity index (χ1) is 11.3. The molecule has 0 heterocycles. The van der Waals surface area contributed by atoms with Crippen molar-refractivity contribution in [3.05, 3.63) is 29.8 Å². The van der Waals surface area contributed by atoms with Crippen molar-refractivity contribution in [3.63, 3.8) is 0 Å². The lowest BCUT2D eigenvalue weighted by atomic mass is 10.2. The van der Waals surface area contributed by atoms with Crippen LogP contribution < -0.4 is 9.62 Å². The van der Waals surface area contributed by atoms with E-state index in [1.165, 1.54) is 24.3 Å². The first kappa shape index (κ1) is 20.0. The highest BCUT2D eigenvalue weighted by molar-refractivity contribution is 7.92. The fraction of sp³-hybridized carbons (Fsp3) is 0.500. The van der Waals surface area contributed by atoms with Gasteiger partial charge in [0.05, 0.1) is 24.1 Å². The van der Waals surface area contributed by atoms with Crippen molar-refractivity contribution in [2.75, 3.05) is 30.3 Å². The number of carbonyl (C=O) groups excluding carboxylic acids is 2. The molecule has 1 rings (SSSR count). The summed E-state index contributed by atoms with van der Waals surface area (Å²) in [5, 5.41) is 2.68. The van der Waals surface area contributed by atoms with Gasteiger partial charge >= 0.3 is 5.97 Å². The molecule has 1 N–H and O–H groups in total. The maximum Gasteiger partial charge on any atom is 0.338 e. The molecule has 24 heavy (non-hydrogen) atoms. The van der Waals surface area contributed by atoms with Crippen molar-refractivity contribution in [3.8, 4) is 0 Å². The smallest absolute Gasteiger partial charge is 0.338 e. The average Bonchev–Trinajstić information content (AvgIpc) is 2.52. The number of amides is 1. The second-order valence-corrected chi connectivity index (χ2v) is 7.15. The van der Waals surface area contributed by atoms with E-state index in [9.17, 15) is 18.0 Å². The average molecular weight is 356 g/mol.